The molecule has 8 rings (SSSR count). The second-order valence-corrected chi connectivity index (χ2v) is 14.3. The molecular formula is C30H41NO3. The Hall–Kier alpha value is -1.55. The molecule has 1 saturated heterocycles. The van der Waals surface area contributed by atoms with Crippen molar-refractivity contribution in [2.24, 2.45) is 28.1 Å². The third-order valence-electron chi connectivity index (χ3n) is 12.1. The minimum atomic E-state index is -0.816. The molecule has 4 nitrogen and oxygen atoms in total. The summed E-state index contributed by atoms with van der Waals surface area (Å²) < 4.78 is 7.12. The first kappa shape index (κ1) is 21.7. The van der Waals surface area contributed by atoms with Crippen molar-refractivity contribution in [2.45, 2.75) is 110 Å². The number of carbonyl (C=O) groups is 1. The number of hydrogen-bond donors (Lipinski definition) is 1. The Kier molecular flexibility index (Phi) is 3.86. The molecule has 5 aliphatic carbocycles. The van der Waals surface area contributed by atoms with E-state index in [1.165, 1.54) is 16.7 Å². The molecule has 0 unspecified atom stereocenters. The number of piperidine rings is 1. The first-order chi connectivity index (χ1) is 15.9. The molecule has 0 aromatic heterocycles. The minimum absolute atomic E-state index is 0.00975. The predicted octanol–water partition coefficient (Wildman–Crippen LogP) is 5.16. The van der Waals surface area contributed by atoms with Gasteiger partial charge in [0.05, 0.1) is 5.60 Å². The van der Waals surface area contributed by atoms with Gasteiger partial charge in [-0.1, -0.05) is 39.8 Å². The maximum atomic E-state index is 13.6. The van der Waals surface area contributed by atoms with E-state index in [4.69, 9.17) is 4.74 Å². The van der Waals surface area contributed by atoms with Gasteiger partial charge >= 0.3 is 0 Å². The van der Waals surface area contributed by atoms with E-state index in [-0.39, 0.29) is 45.6 Å². The molecule has 7 atom stereocenters. The lowest BCUT2D eigenvalue weighted by Gasteiger charge is -2.75. The van der Waals surface area contributed by atoms with Crippen molar-refractivity contribution in [3.63, 3.8) is 0 Å². The van der Waals surface area contributed by atoms with Gasteiger partial charge in [-0.3, -0.25) is 4.79 Å². The van der Waals surface area contributed by atoms with Crippen molar-refractivity contribution < 1.29 is 14.6 Å². The summed E-state index contributed by atoms with van der Waals surface area (Å²) in [4.78, 5) is 15.9. The average Bonchev–Trinajstić information content (AvgIpc) is 3.54. The maximum Gasteiger partial charge on any atom is 0.225 e. The van der Waals surface area contributed by atoms with E-state index in [2.05, 4.69) is 58.6 Å². The van der Waals surface area contributed by atoms with E-state index >= 15 is 0 Å². The van der Waals surface area contributed by atoms with Gasteiger partial charge in [0.15, 0.2) is 0 Å². The molecule has 34 heavy (non-hydrogen) atoms. The number of rotatable bonds is 2. The fraction of sp³-hybridized carbons (Fsp3) is 0.767. The molecule has 7 aliphatic rings. The molecule has 2 aliphatic heterocycles. The summed E-state index contributed by atoms with van der Waals surface area (Å²) >= 11 is 0. The number of likely N-dealkylation sites (tertiary alicyclic amines) is 1. The second-order valence-electron chi connectivity index (χ2n) is 14.3. The van der Waals surface area contributed by atoms with Gasteiger partial charge in [-0.05, 0) is 81.3 Å². The summed E-state index contributed by atoms with van der Waals surface area (Å²) in [7, 11) is 0. The number of benzene rings is 1. The molecule has 1 aromatic carbocycles. The normalized spacial score (nSPS) is 43.3. The molecule has 1 aromatic rings. The van der Waals surface area contributed by atoms with Gasteiger partial charge in [0, 0.05) is 40.3 Å². The monoisotopic (exact) mass is 463 g/mol. The van der Waals surface area contributed by atoms with Crippen molar-refractivity contribution in [2.75, 3.05) is 6.54 Å². The highest BCUT2D eigenvalue weighted by molar-refractivity contribution is 5.82. The first-order valence-electron chi connectivity index (χ1n) is 13.7. The van der Waals surface area contributed by atoms with E-state index in [9.17, 15) is 9.90 Å². The number of nitrogens with zero attached hydrogens (tertiary/aromatic N) is 1. The number of fused-ring (bicyclic) bond motifs is 2. The maximum absolute atomic E-state index is 13.6. The van der Waals surface area contributed by atoms with E-state index in [0.29, 0.717) is 5.91 Å². The zero-order chi connectivity index (χ0) is 24.1. The molecule has 4 bridgehead atoms. The Morgan fingerprint density at radius 1 is 1.15 bits per heavy atom. The van der Waals surface area contributed by atoms with E-state index in [1.807, 2.05) is 0 Å². The molecule has 5 fully saturated rings. The highest BCUT2D eigenvalue weighted by atomic mass is 16.5. The largest absolute Gasteiger partial charge is 0.488 e. The van der Waals surface area contributed by atoms with Crippen LogP contribution >= 0.6 is 0 Å². The third-order valence-corrected chi connectivity index (χ3v) is 12.1. The SMILES string of the molecule is Cc1ccc2c3c1O[C@H]1[C@@]4(C)CC[C@@]5(C[C@@H]4[C@](C)(O)C(C)(C)C)[C@@H](C2)N(C(=O)C2CC2)CC[C@]315. The van der Waals surface area contributed by atoms with E-state index in [1.54, 1.807) is 0 Å². The summed E-state index contributed by atoms with van der Waals surface area (Å²) in [5.41, 5.74) is 2.98. The minimum Gasteiger partial charge on any atom is -0.488 e. The highest BCUT2D eigenvalue weighted by Gasteiger charge is 2.81. The highest BCUT2D eigenvalue weighted by Crippen LogP contribution is 2.79. The van der Waals surface area contributed by atoms with Gasteiger partial charge in [0.1, 0.15) is 11.9 Å². The Bertz CT molecular complexity index is 1110. The van der Waals surface area contributed by atoms with Gasteiger partial charge < -0.3 is 14.7 Å². The van der Waals surface area contributed by atoms with Crippen LogP contribution in [0.5, 0.6) is 5.75 Å². The summed E-state index contributed by atoms with van der Waals surface area (Å²) in [5.74, 6) is 1.93. The molecule has 184 valence electrons. The Morgan fingerprint density at radius 3 is 2.56 bits per heavy atom. The lowest BCUT2D eigenvalue weighted by Crippen LogP contribution is -2.80. The zero-order valence-corrected chi connectivity index (χ0v) is 21.8. The smallest absolute Gasteiger partial charge is 0.225 e. The predicted molar refractivity (Wildman–Crippen MR) is 132 cm³/mol. The quantitative estimate of drug-likeness (QED) is 0.659. The molecule has 2 spiro atoms. The van der Waals surface area contributed by atoms with Crippen LogP contribution in [0.25, 0.3) is 0 Å². The van der Waals surface area contributed by atoms with Crippen LogP contribution in [-0.2, 0) is 16.6 Å². The van der Waals surface area contributed by atoms with Crippen LogP contribution in [0, 0.1) is 35.0 Å². The molecule has 4 saturated carbocycles. The number of ether oxygens (including phenoxy) is 1. The third kappa shape index (κ3) is 2.16. The summed E-state index contributed by atoms with van der Waals surface area (Å²) in [6.45, 7) is 14.1. The van der Waals surface area contributed by atoms with Crippen molar-refractivity contribution in [1.29, 1.82) is 0 Å². The molecule has 2 heterocycles. The number of amides is 1. The van der Waals surface area contributed by atoms with Gasteiger partial charge in [0.25, 0.3) is 0 Å². The van der Waals surface area contributed by atoms with Crippen LogP contribution in [0.15, 0.2) is 12.1 Å². The fourth-order valence-electron chi connectivity index (χ4n) is 9.74. The lowest BCUT2D eigenvalue weighted by atomic mass is 9.31. The fourth-order valence-corrected chi connectivity index (χ4v) is 9.74. The summed E-state index contributed by atoms with van der Waals surface area (Å²) in [6.07, 6.45) is 7.37. The number of aliphatic hydroxyl groups is 1. The molecular weight excluding hydrogens is 422 g/mol. The van der Waals surface area contributed by atoms with Crippen LogP contribution in [-0.4, -0.2) is 40.2 Å². The van der Waals surface area contributed by atoms with Crippen LogP contribution in [0.1, 0.15) is 89.8 Å². The van der Waals surface area contributed by atoms with Gasteiger partial charge in [-0.25, -0.2) is 0 Å². The lowest BCUT2D eigenvalue weighted by molar-refractivity contribution is -0.274. The number of hydrogen-bond acceptors (Lipinski definition) is 3. The Balaban J connectivity index is 1.47. The second kappa shape index (κ2) is 6.05. The topological polar surface area (TPSA) is 49.8 Å². The van der Waals surface area contributed by atoms with Crippen LogP contribution in [0.4, 0.5) is 0 Å². The van der Waals surface area contributed by atoms with Crippen molar-refractivity contribution in [3.8, 4) is 5.75 Å². The first-order valence-corrected chi connectivity index (χ1v) is 13.7. The van der Waals surface area contributed by atoms with E-state index in [0.717, 1.165) is 57.2 Å². The van der Waals surface area contributed by atoms with Crippen molar-refractivity contribution in [3.05, 3.63) is 28.8 Å². The van der Waals surface area contributed by atoms with E-state index < -0.39 is 5.60 Å². The number of aryl methyl sites for hydroxylation is 1. The van der Waals surface area contributed by atoms with Gasteiger partial charge in [-0.2, -0.15) is 0 Å². The summed E-state index contributed by atoms with van der Waals surface area (Å²) in [6, 6.07) is 4.79. The van der Waals surface area contributed by atoms with Gasteiger partial charge in [0.2, 0.25) is 5.91 Å². The van der Waals surface area contributed by atoms with Crippen LogP contribution in [0.2, 0.25) is 0 Å². The Morgan fingerprint density at radius 2 is 1.88 bits per heavy atom. The number of carbonyl (C=O) groups excluding carboxylic acids is 1. The van der Waals surface area contributed by atoms with Crippen LogP contribution in [0.3, 0.4) is 0 Å². The van der Waals surface area contributed by atoms with Gasteiger partial charge in [-0.15, -0.1) is 0 Å². The summed E-state index contributed by atoms with van der Waals surface area (Å²) in [5, 5.41) is 12.2. The average molecular weight is 464 g/mol. The zero-order valence-electron chi connectivity index (χ0n) is 21.8. The standard InChI is InChI=1S/C30H41NO3/c1-17-7-8-19-15-21-29-12-11-27(5,20(16-29)28(6,33)26(2,3)4)25-30(29,22(19)23(17)34-25)13-14-31(21)24(32)18-9-10-18/h7-8,18,20-21,25,33H,9-16H2,1-6H3/t20-,21+,25-,27-,28-,29+,30-/m0/s1. The Labute approximate surface area is 204 Å². The van der Waals surface area contributed by atoms with Crippen molar-refractivity contribution >= 4 is 5.91 Å². The molecule has 1 amide bonds. The molecule has 0 radical (unpaired) electrons. The molecule has 4 heteroatoms. The van der Waals surface area contributed by atoms with Crippen LogP contribution < -0.4 is 4.74 Å². The van der Waals surface area contributed by atoms with Crippen molar-refractivity contribution in [1.82, 2.24) is 4.90 Å². The molecule has 1 N–H and O–H groups in total.